The van der Waals surface area contributed by atoms with Crippen LogP contribution in [0.5, 0.6) is 0 Å². The molecule has 0 fully saturated rings. The summed E-state index contributed by atoms with van der Waals surface area (Å²) >= 11 is 1.65. The maximum atomic E-state index is 3.15. The Labute approximate surface area is 115 Å². The highest BCUT2D eigenvalue weighted by Gasteiger charge is 2.10. The van der Waals surface area contributed by atoms with Gasteiger partial charge in [-0.25, -0.2) is 0 Å². The third-order valence-corrected chi connectivity index (χ3v) is 3.42. The molecule has 0 bridgehead atoms. The molecule has 0 amide bonds. The normalized spacial score (nSPS) is 12.2. The summed E-state index contributed by atoms with van der Waals surface area (Å²) in [6.07, 6.45) is 6.40. The molecule has 0 heterocycles. The molecule has 1 aromatic carbocycles. The molecule has 0 aliphatic rings. The first kappa shape index (κ1) is 14.9. The van der Waals surface area contributed by atoms with E-state index in [4.69, 9.17) is 0 Å². The van der Waals surface area contributed by atoms with Crippen LogP contribution < -0.4 is 4.72 Å². The monoisotopic (exact) mass is 262 g/mol. The first-order chi connectivity index (χ1) is 8.65. The molecule has 0 unspecified atom stereocenters. The zero-order chi connectivity index (χ0) is 13.5. The van der Waals surface area contributed by atoms with Gasteiger partial charge < -0.3 is 4.90 Å². The van der Waals surface area contributed by atoms with Crippen LogP contribution >= 0.6 is 11.9 Å². The summed E-state index contributed by atoms with van der Waals surface area (Å²) in [6, 6.07) is 6.42. The first-order valence-electron chi connectivity index (χ1n) is 6.09. The van der Waals surface area contributed by atoms with Gasteiger partial charge in [-0.1, -0.05) is 30.4 Å². The Morgan fingerprint density at radius 3 is 2.50 bits per heavy atom. The van der Waals surface area contributed by atoms with Crippen molar-refractivity contribution in [3.05, 3.63) is 41.5 Å². The highest BCUT2D eigenvalue weighted by atomic mass is 32.2. The second-order valence-corrected chi connectivity index (χ2v) is 5.14. The first-order valence-corrected chi connectivity index (χ1v) is 6.90. The van der Waals surface area contributed by atoms with Crippen LogP contribution in [0.25, 0.3) is 11.8 Å². The van der Waals surface area contributed by atoms with E-state index in [9.17, 15) is 0 Å². The average Bonchev–Trinajstić information content (AvgIpc) is 2.33. The maximum absolute atomic E-state index is 3.15. The third kappa shape index (κ3) is 3.40. The molecular formula is C15H22N2S. The van der Waals surface area contributed by atoms with E-state index in [1.807, 2.05) is 7.05 Å². The lowest BCUT2D eigenvalue weighted by Crippen LogP contribution is -2.11. The predicted molar refractivity (Wildman–Crippen MR) is 83.4 cm³/mol. The topological polar surface area (TPSA) is 15.3 Å². The van der Waals surface area contributed by atoms with E-state index in [1.165, 1.54) is 21.7 Å². The maximum Gasteiger partial charge on any atom is 0.0397 e. The van der Waals surface area contributed by atoms with Crippen LogP contribution in [0, 0.1) is 0 Å². The Balaban J connectivity index is 3.38. The lowest BCUT2D eigenvalue weighted by atomic mass is 10.0. The van der Waals surface area contributed by atoms with Gasteiger partial charge in [-0.15, -0.1) is 0 Å². The highest BCUT2D eigenvalue weighted by Crippen LogP contribution is 2.30. The van der Waals surface area contributed by atoms with Gasteiger partial charge in [0.25, 0.3) is 0 Å². The molecule has 0 atom stereocenters. The standard InChI is InChI=1S/C15H22N2S/c1-6-9-13-12(14(7-2)17(4)5)10-8-11-15(13)18-16-3/h6-11,16H,1-5H3/b9-6-,14-7+. The minimum atomic E-state index is 1.24. The number of allylic oxidation sites excluding steroid dienone is 2. The fourth-order valence-electron chi connectivity index (χ4n) is 1.96. The predicted octanol–water partition coefficient (Wildman–Crippen LogP) is 3.87. The molecule has 0 saturated carbocycles. The van der Waals surface area contributed by atoms with E-state index in [1.54, 1.807) is 11.9 Å². The van der Waals surface area contributed by atoms with Crippen molar-refractivity contribution in [3.63, 3.8) is 0 Å². The number of hydrogen-bond donors (Lipinski definition) is 1. The van der Waals surface area contributed by atoms with Crippen molar-refractivity contribution in [1.29, 1.82) is 0 Å². The van der Waals surface area contributed by atoms with Gasteiger partial charge in [0.1, 0.15) is 0 Å². The van der Waals surface area contributed by atoms with E-state index < -0.39 is 0 Å². The van der Waals surface area contributed by atoms with Crippen molar-refractivity contribution in [1.82, 2.24) is 9.62 Å². The average molecular weight is 262 g/mol. The zero-order valence-electron chi connectivity index (χ0n) is 11.8. The highest BCUT2D eigenvalue weighted by molar-refractivity contribution is 7.97. The van der Waals surface area contributed by atoms with Crippen LogP contribution in [0.2, 0.25) is 0 Å². The summed E-state index contributed by atoms with van der Waals surface area (Å²) in [5, 5.41) is 0. The number of nitrogens with one attached hydrogen (secondary N) is 1. The van der Waals surface area contributed by atoms with Crippen LogP contribution in [0.1, 0.15) is 25.0 Å². The second-order valence-electron chi connectivity index (χ2n) is 4.09. The smallest absolute Gasteiger partial charge is 0.0397 e. The summed E-state index contributed by atoms with van der Waals surface area (Å²) in [7, 11) is 6.10. The molecule has 18 heavy (non-hydrogen) atoms. The van der Waals surface area contributed by atoms with Crippen molar-refractivity contribution >= 4 is 23.7 Å². The van der Waals surface area contributed by atoms with Crippen molar-refractivity contribution in [2.24, 2.45) is 0 Å². The largest absolute Gasteiger partial charge is 0.377 e. The van der Waals surface area contributed by atoms with Crippen LogP contribution in [-0.2, 0) is 0 Å². The van der Waals surface area contributed by atoms with E-state index >= 15 is 0 Å². The lowest BCUT2D eigenvalue weighted by Gasteiger charge is -2.20. The second kappa shape index (κ2) is 7.29. The van der Waals surface area contributed by atoms with Gasteiger partial charge in [0, 0.05) is 30.3 Å². The van der Waals surface area contributed by atoms with Crippen LogP contribution in [-0.4, -0.2) is 26.0 Å². The van der Waals surface area contributed by atoms with Crippen LogP contribution in [0.3, 0.4) is 0 Å². The quantitative estimate of drug-likeness (QED) is 0.811. The number of hydrogen-bond acceptors (Lipinski definition) is 3. The molecule has 0 radical (unpaired) electrons. The van der Waals surface area contributed by atoms with Gasteiger partial charge >= 0.3 is 0 Å². The minimum Gasteiger partial charge on any atom is -0.377 e. The molecule has 0 aliphatic heterocycles. The Morgan fingerprint density at radius 2 is 2.00 bits per heavy atom. The fraction of sp³-hybridized carbons (Fsp3) is 0.333. The molecular weight excluding hydrogens is 240 g/mol. The Bertz CT molecular complexity index is 448. The number of nitrogens with zero attached hydrogens (tertiary/aromatic N) is 1. The summed E-state index contributed by atoms with van der Waals surface area (Å²) in [6.45, 7) is 4.13. The lowest BCUT2D eigenvalue weighted by molar-refractivity contribution is 0.591. The van der Waals surface area contributed by atoms with Gasteiger partial charge in [-0.05, 0) is 44.5 Å². The van der Waals surface area contributed by atoms with E-state index in [-0.39, 0.29) is 0 Å². The molecule has 0 aliphatic carbocycles. The van der Waals surface area contributed by atoms with Gasteiger partial charge in [-0.3, -0.25) is 4.72 Å². The fourth-order valence-corrected chi connectivity index (χ4v) is 2.61. The summed E-state index contributed by atoms with van der Waals surface area (Å²) < 4.78 is 3.15. The zero-order valence-corrected chi connectivity index (χ0v) is 12.6. The van der Waals surface area contributed by atoms with Crippen molar-refractivity contribution in [2.75, 3.05) is 21.1 Å². The third-order valence-electron chi connectivity index (χ3n) is 2.64. The molecule has 0 spiro atoms. The Morgan fingerprint density at radius 1 is 1.28 bits per heavy atom. The van der Waals surface area contributed by atoms with E-state index in [2.05, 4.69) is 74.0 Å². The molecule has 1 rings (SSSR count). The Kier molecular flexibility index (Phi) is 6.02. The molecule has 1 aromatic rings. The molecule has 98 valence electrons. The SMILES string of the molecule is C/C=C\c1c(SNC)cccc1/C(=C\C)N(C)C. The molecule has 0 saturated heterocycles. The minimum absolute atomic E-state index is 1.24. The summed E-state index contributed by atoms with van der Waals surface area (Å²) in [5.74, 6) is 0. The number of rotatable bonds is 5. The van der Waals surface area contributed by atoms with Crippen LogP contribution in [0.15, 0.2) is 35.2 Å². The van der Waals surface area contributed by atoms with E-state index in [0.29, 0.717) is 0 Å². The van der Waals surface area contributed by atoms with E-state index in [0.717, 1.165) is 0 Å². The van der Waals surface area contributed by atoms with Gasteiger partial charge in [0.15, 0.2) is 0 Å². The Hall–Kier alpha value is -1.19. The molecule has 0 aromatic heterocycles. The molecule has 3 heteroatoms. The van der Waals surface area contributed by atoms with Crippen molar-refractivity contribution in [2.45, 2.75) is 18.7 Å². The molecule has 1 N–H and O–H groups in total. The van der Waals surface area contributed by atoms with Gasteiger partial charge in [0.05, 0.1) is 0 Å². The number of benzene rings is 1. The van der Waals surface area contributed by atoms with Crippen molar-refractivity contribution in [3.8, 4) is 0 Å². The van der Waals surface area contributed by atoms with Crippen molar-refractivity contribution < 1.29 is 0 Å². The van der Waals surface area contributed by atoms with Gasteiger partial charge in [-0.2, -0.15) is 0 Å². The summed E-state index contributed by atoms with van der Waals surface area (Å²) in [4.78, 5) is 3.39. The van der Waals surface area contributed by atoms with Crippen LogP contribution in [0.4, 0.5) is 0 Å². The summed E-state index contributed by atoms with van der Waals surface area (Å²) in [5.41, 5.74) is 3.77. The van der Waals surface area contributed by atoms with Gasteiger partial charge in [0.2, 0.25) is 0 Å². The molecule has 2 nitrogen and oxygen atoms in total.